The highest BCUT2D eigenvalue weighted by atomic mass is 32.2. The summed E-state index contributed by atoms with van der Waals surface area (Å²) >= 11 is 3.90. The highest BCUT2D eigenvalue weighted by Gasteiger charge is 2.23. The van der Waals surface area contributed by atoms with E-state index < -0.39 is 11.9 Å². The monoisotopic (exact) mass is 1270 g/mol. The third-order valence-electron chi connectivity index (χ3n) is 12.2. The van der Waals surface area contributed by atoms with E-state index in [0.29, 0.717) is 61.2 Å². The zero-order chi connectivity index (χ0) is 63.1. The molecule has 0 aliphatic heterocycles. The van der Waals surface area contributed by atoms with Gasteiger partial charge in [0.25, 0.3) is 0 Å². The minimum absolute atomic E-state index is 0.0473. The van der Waals surface area contributed by atoms with Crippen LogP contribution >= 0.6 is 34.4 Å². The molecule has 0 fully saturated rings. The average molecular weight is 1270 g/mol. The number of hydrogen-bond acceptors (Lipinski definition) is 31. The van der Waals surface area contributed by atoms with Gasteiger partial charge in [-0.3, -0.25) is 9.59 Å². The van der Waals surface area contributed by atoms with Crippen molar-refractivity contribution in [3.63, 3.8) is 0 Å². The lowest BCUT2D eigenvalue weighted by Gasteiger charge is -2.19. The van der Waals surface area contributed by atoms with Crippen molar-refractivity contribution in [3.8, 4) is 22.4 Å². The van der Waals surface area contributed by atoms with Crippen molar-refractivity contribution in [2.24, 2.45) is 20.5 Å². The standard InChI is InChI=1S/C56H68N22O8S3/c1-33(27-81-5)61-51-45(71-73-47-37(23-57)25-77(75-47)55-65-39-15-9-11-17-41(39)88-55)49(67-53(69-51)63-35(3)29-83-7)59-19-13-21-85-43(79)31-87-32-44(80)86-22-14-20-60-50-46(52(62-34(2)28-82-6)70-54(68-50)64-36(4)30-84-8)72-74-48-38(24-58)26-78(76-48)56-66-40-16-10-12-18-42(40)89-56/h9-12,15-18,25-26,33-36H,13-14,19-22,27-32H2,1-8H3,(H3,59,61,63,67,69)(H3,60,62,64,68,70). The molecule has 4 unspecified atom stereocenters. The summed E-state index contributed by atoms with van der Waals surface area (Å²) in [7, 11) is 6.37. The predicted octanol–water partition coefficient (Wildman–Crippen LogP) is 9.34. The normalized spacial score (nSPS) is 12.8. The molecule has 30 nitrogen and oxygen atoms in total. The first kappa shape index (κ1) is 65.9. The van der Waals surface area contributed by atoms with Crippen molar-refractivity contribution >= 4 is 125 Å². The molecule has 6 aromatic heterocycles. The lowest BCUT2D eigenvalue weighted by Crippen LogP contribution is -2.25. The number of nitrogens with one attached hydrogen (secondary N) is 6. The van der Waals surface area contributed by atoms with E-state index in [4.69, 9.17) is 48.4 Å². The van der Waals surface area contributed by atoms with Crippen LogP contribution in [0.5, 0.6) is 0 Å². The third kappa shape index (κ3) is 19.0. The summed E-state index contributed by atoms with van der Waals surface area (Å²) in [6.45, 7) is 9.73. The number of benzene rings is 2. The van der Waals surface area contributed by atoms with Gasteiger partial charge in [-0.25, -0.2) is 19.3 Å². The molecule has 0 aliphatic rings. The second-order valence-corrected chi connectivity index (χ2v) is 22.9. The Morgan fingerprint density at radius 2 is 0.933 bits per heavy atom. The number of carbonyl (C=O) groups is 2. The van der Waals surface area contributed by atoms with E-state index in [1.54, 1.807) is 40.8 Å². The van der Waals surface area contributed by atoms with Crippen LogP contribution in [0.4, 0.5) is 58.2 Å². The minimum Gasteiger partial charge on any atom is -0.465 e. The lowest BCUT2D eigenvalue weighted by atomic mass is 10.3. The number of aromatic nitrogens is 10. The number of fused-ring (bicyclic) bond motifs is 2. The summed E-state index contributed by atoms with van der Waals surface area (Å²) in [5.41, 5.74) is 2.37. The molecule has 2 aromatic carbocycles. The summed E-state index contributed by atoms with van der Waals surface area (Å²) in [4.78, 5) is 54.0. The molecule has 0 bridgehead atoms. The summed E-state index contributed by atoms with van der Waals surface area (Å²) in [6, 6.07) is 18.9. The largest absolute Gasteiger partial charge is 0.465 e. The first-order valence-electron chi connectivity index (χ1n) is 28.1. The molecule has 0 spiro atoms. The quantitative estimate of drug-likeness (QED) is 0.0121. The second kappa shape index (κ2) is 33.3. The van der Waals surface area contributed by atoms with E-state index in [2.05, 4.69) is 84.7 Å². The van der Waals surface area contributed by atoms with Gasteiger partial charge in [-0.1, -0.05) is 46.9 Å². The van der Waals surface area contributed by atoms with E-state index in [9.17, 15) is 20.1 Å². The van der Waals surface area contributed by atoms with Crippen molar-refractivity contribution < 1.29 is 38.0 Å². The Balaban J connectivity index is 0.855. The van der Waals surface area contributed by atoms with Gasteiger partial charge in [-0.15, -0.1) is 42.4 Å². The molecule has 0 saturated heterocycles. The minimum atomic E-state index is -0.515. The third-order valence-corrected chi connectivity index (χ3v) is 15.2. The van der Waals surface area contributed by atoms with Gasteiger partial charge < -0.3 is 60.3 Å². The van der Waals surface area contributed by atoms with Gasteiger partial charge in [0.1, 0.15) is 23.3 Å². The molecule has 89 heavy (non-hydrogen) atoms. The molecular formula is C56H68N22O8S3. The van der Waals surface area contributed by atoms with Gasteiger partial charge in [0.2, 0.25) is 33.8 Å². The van der Waals surface area contributed by atoms with Gasteiger partial charge >= 0.3 is 11.9 Å². The van der Waals surface area contributed by atoms with Gasteiger partial charge in [0, 0.05) is 65.7 Å². The maximum Gasteiger partial charge on any atom is 0.315 e. The summed E-state index contributed by atoms with van der Waals surface area (Å²) in [5, 5.41) is 68.1. The number of rotatable bonds is 36. The average Bonchev–Trinajstić information content (AvgIpc) is 2.36. The van der Waals surface area contributed by atoms with Crippen molar-refractivity contribution in [1.82, 2.24) is 49.5 Å². The number of para-hydroxylation sites is 2. The van der Waals surface area contributed by atoms with Crippen LogP contribution in [-0.4, -0.2) is 178 Å². The number of thiazole rings is 2. The molecule has 8 rings (SSSR count). The maximum absolute atomic E-state index is 12.9. The summed E-state index contributed by atoms with van der Waals surface area (Å²) < 4.78 is 37.4. The molecule has 6 N–H and O–H groups in total. The molecule has 4 atom stereocenters. The lowest BCUT2D eigenvalue weighted by molar-refractivity contribution is -0.140. The van der Waals surface area contributed by atoms with Crippen LogP contribution in [0.25, 0.3) is 30.7 Å². The van der Waals surface area contributed by atoms with Gasteiger partial charge in [0.05, 0.1) is 84.0 Å². The Bertz CT molecular complexity index is 3500. The van der Waals surface area contributed by atoms with Crippen LogP contribution in [0.15, 0.2) is 81.4 Å². The number of nitriles is 2. The van der Waals surface area contributed by atoms with E-state index >= 15 is 0 Å². The van der Waals surface area contributed by atoms with Crippen molar-refractivity contribution in [2.75, 3.05) is 125 Å². The van der Waals surface area contributed by atoms with Gasteiger partial charge in [0.15, 0.2) is 34.6 Å². The molecule has 468 valence electrons. The van der Waals surface area contributed by atoms with Crippen LogP contribution in [0.3, 0.4) is 0 Å². The number of methoxy groups -OCH3 is 4. The zero-order valence-electron chi connectivity index (χ0n) is 50.2. The van der Waals surface area contributed by atoms with Crippen LogP contribution in [-0.2, 0) is 38.0 Å². The first-order chi connectivity index (χ1) is 43.3. The van der Waals surface area contributed by atoms with Crippen LogP contribution in [0.1, 0.15) is 51.7 Å². The number of nitrogens with zero attached hydrogens (tertiary/aromatic N) is 16. The van der Waals surface area contributed by atoms with Crippen LogP contribution in [0.2, 0.25) is 0 Å². The van der Waals surface area contributed by atoms with E-state index in [-0.39, 0.29) is 120 Å². The SMILES string of the molecule is COCC(C)Nc1nc(NCCCOC(=O)CSCC(=O)OCCCNc2nc(NC(C)COC)nc(NC(C)COC)c2N=Nc2nn(-c3nc4ccccc4s3)cc2C#N)c(N=Nc2nn(-c3nc4ccccc4s3)cc2C#N)c(NC(C)COC)n1. The fourth-order valence-electron chi connectivity index (χ4n) is 8.32. The Kier molecular flexibility index (Phi) is 24.7. The van der Waals surface area contributed by atoms with Gasteiger partial charge in [-0.2, -0.15) is 30.5 Å². The highest BCUT2D eigenvalue weighted by Crippen LogP contribution is 2.37. The van der Waals surface area contributed by atoms with Crippen molar-refractivity contribution in [2.45, 2.75) is 64.7 Å². The van der Waals surface area contributed by atoms with Gasteiger partial charge in [-0.05, 0) is 64.8 Å². The van der Waals surface area contributed by atoms with Crippen molar-refractivity contribution in [1.29, 1.82) is 10.5 Å². The molecule has 0 aliphatic carbocycles. The number of ether oxygens (including phenoxy) is 6. The van der Waals surface area contributed by atoms with E-state index in [1.807, 2.05) is 76.2 Å². The zero-order valence-corrected chi connectivity index (χ0v) is 52.7. The van der Waals surface area contributed by atoms with Crippen LogP contribution in [0, 0.1) is 22.7 Å². The first-order valence-corrected chi connectivity index (χ1v) is 30.8. The molecule has 0 amide bonds. The fourth-order valence-corrected chi connectivity index (χ4v) is 10.7. The van der Waals surface area contributed by atoms with E-state index in [1.165, 1.54) is 32.0 Å². The van der Waals surface area contributed by atoms with E-state index in [0.717, 1.165) is 32.2 Å². The maximum atomic E-state index is 12.9. The number of anilines is 6. The Labute approximate surface area is 524 Å². The molecule has 0 saturated carbocycles. The summed E-state index contributed by atoms with van der Waals surface area (Å²) in [6.07, 6.45) is 3.81. The fraction of sp³-hybridized carbons (Fsp3) is 0.429. The van der Waals surface area contributed by atoms with Crippen LogP contribution < -0.4 is 31.9 Å². The molecule has 6 heterocycles. The summed E-state index contributed by atoms with van der Waals surface area (Å²) in [5.74, 6) is 0.620. The second-order valence-electron chi connectivity index (χ2n) is 19.9. The smallest absolute Gasteiger partial charge is 0.315 e. The highest BCUT2D eigenvalue weighted by molar-refractivity contribution is 8.00. The number of hydrogen-bond donors (Lipinski definition) is 6. The topological polar surface area (TPSA) is 372 Å². The predicted molar refractivity (Wildman–Crippen MR) is 341 cm³/mol. The molecule has 33 heteroatoms. The molecular weight excluding hydrogens is 1200 g/mol. The molecule has 8 aromatic rings. The Morgan fingerprint density at radius 3 is 1.31 bits per heavy atom. The molecule has 0 radical (unpaired) electrons. The Morgan fingerprint density at radius 1 is 0.551 bits per heavy atom. The Hall–Kier alpha value is -9.09. The van der Waals surface area contributed by atoms with Crippen molar-refractivity contribution in [3.05, 3.63) is 72.1 Å². The number of thioether (sulfide) groups is 1. The number of azo groups is 2. The number of carbonyl (C=O) groups excluding carboxylic acids is 2. The number of esters is 2.